The molecule has 88 valence electrons. The fraction of sp³-hybridized carbons (Fsp3) is 0.182. The van der Waals surface area contributed by atoms with Crippen LogP contribution in [0.1, 0.15) is 5.56 Å². The van der Waals surface area contributed by atoms with Gasteiger partial charge in [-0.05, 0) is 11.6 Å². The molecule has 0 aromatic heterocycles. The number of hydrogen-bond donors (Lipinski definition) is 2. The molecule has 1 aliphatic rings. The monoisotopic (exact) mass is 235 g/mol. The molecule has 0 fully saturated rings. The van der Waals surface area contributed by atoms with Crippen LogP contribution < -0.4 is 11.1 Å². The summed E-state index contributed by atoms with van der Waals surface area (Å²) in [5.41, 5.74) is 5.62. The lowest BCUT2D eigenvalue weighted by Gasteiger charge is -2.17. The van der Waals surface area contributed by atoms with Gasteiger partial charge in [-0.3, -0.25) is 9.59 Å². The molecule has 17 heavy (non-hydrogen) atoms. The molecular formula is C11H10FN3O2. The maximum atomic E-state index is 13.3. The van der Waals surface area contributed by atoms with Crippen LogP contribution in [-0.4, -0.2) is 23.7 Å². The van der Waals surface area contributed by atoms with Gasteiger partial charge in [-0.1, -0.05) is 18.2 Å². The van der Waals surface area contributed by atoms with E-state index in [1.807, 2.05) is 0 Å². The molecule has 5 nitrogen and oxygen atoms in total. The van der Waals surface area contributed by atoms with Crippen LogP contribution in [0.4, 0.5) is 4.39 Å². The highest BCUT2D eigenvalue weighted by Crippen LogP contribution is 2.08. The summed E-state index contributed by atoms with van der Waals surface area (Å²) in [5, 5.41) is 2.37. The van der Waals surface area contributed by atoms with E-state index < -0.39 is 23.7 Å². The minimum Gasteiger partial charge on any atom is -0.312 e. The van der Waals surface area contributed by atoms with Crippen LogP contribution in [0.15, 0.2) is 29.3 Å². The van der Waals surface area contributed by atoms with Gasteiger partial charge >= 0.3 is 0 Å². The van der Waals surface area contributed by atoms with Crippen molar-refractivity contribution in [1.29, 1.82) is 0 Å². The maximum absolute atomic E-state index is 13.3. The number of amides is 2. The third kappa shape index (κ3) is 2.36. The molecule has 6 heteroatoms. The number of carbonyl (C=O) groups is 2. The number of hydrogen-bond acceptors (Lipinski definition) is 3. The largest absolute Gasteiger partial charge is 0.312 e. The van der Waals surface area contributed by atoms with E-state index >= 15 is 0 Å². The van der Waals surface area contributed by atoms with Crippen molar-refractivity contribution in [2.45, 2.75) is 12.5 Å². The van der Waals surface area contributed by atoms with E-state index in [4.69, 9.17) is 5.73 Å². The predicted octanol–water partition coefficient (Wildman–Crippen LogP) is -0.250. The van der Waals surface area contributed by atoms with Gasteiger partial charge in [0.1, 0.15) is 11.7 Å². The highest BCUT2D eigenvalue weighted by atomic mass is 19.1. The molecule has 0 spiro atoms. The van der Waals surface area contributed by atoms with E-state index in [9.17, 15) is 14.0 Å². The standard InChI is InChI=1S/C11H10FN3O2/c12-7-4-2-1-3-6(7)5-8-14-10(16)9(13)11(17)15-8/h1-4,9H,5,13H2,(H,14,15,16,17). The van der Waals surface area contributed by atoms with Crippen molar-refractivity contribution in [2.75, 3.05) is 0 Å². The Hall–Kier alpha value is -2.08. The number of amidine groups is 1. The second-order valence-electron chi connectivity index (χ2n) is 3.63. The van der Waals surface area contributed by atoms with E-state index in [0.29, 0.717) is 5.56 Å². The fourth-order valence-electron chi connectivity index (χ4n) is 1.47. The molecule has 1 unspecified atom stereocenters. The second-order valence-corrected chi connectivity index (χ2v) is 3.63. The Morgan fingerprint density at radius 2 is 2.06 bits per heavy atom. The summed E-state index contributed by atoms with van der Waals surface area (Å²) < 4.78 is 13.3. The number of nitrogens with zero attached hydrogens (tertiary/aromatic N) is 1. The number of halogens is 1. The summed E-state index contributed by atoms with van der Waals surface area (Å²) in [6.07, 6.45) is 0.0525. The van der Waals surface area contributed by atoms with Gasteiger partial charge < -0.3 is 11.1 Å². The smallest absolute Gasteiger partial charge is 0.273 e. The first kappa shape index (κ1) is 11.4. The van der Waals surface area contributed by atoms with Crippen molar-refractivity contribution < 1.29 is 14.0 Å². The maximum Gasteiger partial charge on any atom is 0.273 e. The number of benzene rings is 1. The van der Waals surface area contributed by atoms with Crippen LogP contribution in [0.5, 0.6) is 0 Å². The van der Waals surface area contributed by atoms with Crippen LogP contribution in [0.2, 0.25) is 0 Å². The minimum absolute atomic E-state index is 0.0525. The number of nitrogens with one attached hydrogen (secondary N) is 1. The number of rotatable bonds is 2. The molecule has 2 rings (SSSR count). The molecular weight excluding hydrogens is 225 g/mol. The van der Waals surface area contributed by atoms with Crippen LogP contribution in [0.25, 0.3) is 0 Å². The van der Waals surface area contributed by atoms with Crippen molar-refractivity contribution in [1.82, 2.24) is 5.32 Å². The molecule has 3 N–H and O–H groups in total. The Balaban J connectivity index is 2.21. The van der Waals surface area contributed by atoms with Gasteiger partial charge in [0.15, 0.2) is 6.04 Å². The Bertz CT molecular complexity index is 513. The van der Waals surface area contributed by atoms with Gasteiger partial charge in [-0.2, -0.15) is 4.99 Å². The van der Waals surface area contributed by atoms with E-state index in [1.54, 1.807) is 18.2 Å². The summed E-state index contributed by atoms with van der Waals surface area (Å²) in [5.74, 6) is -1.62. The molecule has 0 saturated carbocycles. The minimum atomic E-state index is -1.26. The highest BCUT2D eigenvalue weighted by Gasteiger charge is 2.28. The highest BCUT2D eigenvalue weighted by molar-refractivity contribution is 6.18. The molecule has 2 amide bonds. The van der Waals surface area contributed by atoms with Crippen molar-refractivity contribution in [2.24, 2.45) is 10.7 Å². The zero-order valence-corrected chi connectivity index (χ0v) is 8.81. The zero-order chi connectivity index (χ0) is 12.4. The van der Waals surface area contributed by atoms with Gasteiger partial charge in [0.2, 0.25) is 0 Å². The summed E-state index contributed by atoms with van der Waals surface area (Å²) in [7, 11) is 0. The first-order valence-corrected chi connectivity index (χ1v) is 4.99. The first-order valence-electron chi connectivity index (χ1n) is 4.99. The molecule has 1 aliphatic heterocycles. The Labute approximate surface area is 96.5 Å². The Morgan fingerprint density at radius 3 is 2.71 bits per heavy atom. The predicted molar refractivity (Wildman–Crippen MR) is 58.7 cm³/mol. The summed E-state index contributed by atoms with van der Waals surface area (Å²) in [6.45, 7) is 0. The lowest BCUT2D eigenvalue weighted by Crippen LogP contribution is -2.52. The van der Waals surface area contributed by atoms with Gasteiger partial charge in [-0.25, -0.2) is 4.39 Å². The molecule has 0 aliphatic carbocycles. The molecule has 1 atom stereocenters. The Kier molecular flexibility index (Phi) is 2.97. The van der Waals surface area contributed by atoms with E-state index in [1.165, 1.54) is 6.07 Å². The van der Waals surface area contributed by atoms with Gasteiger partial charge in [0, 0.05) is 6.42 Å². The van der Waals surface area contributed by atoms with Crippen LogP contribution in [-0.2, 0) is 16.0 Å². The van der Waals surface area contributed by atoms with Crippen LogP contribution >= 0.6 is 0 Å². The summed E-state index contributed by atoms with van der Waals surface area (Å²) in [6, 6.07) is 4.81. The number of aliphatic imine (C=N–C) groups is 1. The van der Waals surface area contributed by atoms with Crippen LogP contribution in [0.3, 0.4) is 0 Å². The molecule has 1 aromatic carbocycles. The normalized spacial score (nSPS) is 19.9. The molecule has 0 radical (unpaired) electrons. The average Bonchev–Trinajstić information content (AvgIpc) is 2.29. The Morgan fingerprint density at radius 1 is 1.35 bits per heavy atom. The molecule has 0 saturated heterocycles. The van der Waals surface area contributed by atoms with E-state index in [-0.39, 0.29) is 12.3 Å². The van der Waals surface area contributed by atoms with Crippen LogP contribution in [0, 0.1) is 5.82 Å². The molecule has 1 aromatic rings. The van der Waals surface area contributed by atoms with Gasteiger partial charge in [0.05, 0.1) is 0 Å². The summed E-state index contributed by atoms with van der Waals surface area (Å²) in [4.78, 5) is 26.1. The molecule has 1 heterocycles. The quantitative estimate of drug-likeness (QED) is 0.693. The third-order valence-corrected chi connectivity index (χ3v) is 2.38. The lowest BCUT2D eigenvalue weighted by atomic mass is 10.1. The lowest BCUT2D eigenvalue weighted by molar-refractivity contribution is -0.129. The van der Waals surface area contributed by atoms with E-state index in [0.717, 1.165) is 0 Å². The fourth-order valence-corrected chi connectivity index (χ4v) is 1.47. The second kappa shape index (κ2) is 4.42. The first-order chi connectivity index (χ1) is 8.08. The topological polar surface area (TPSA) is 84.6 Å². The number of carbonyl (C=O) groups excluding carboxylic acids is 2. The average molecular weight is 235 g/mol. The number of nitrogens with two attached hydrogens (primary N) is 1. The zero-order valence-electron chi connectivity index (χ0n) is 8.81. The van der Waals surface area contributed by atoms with Gasteiger partial charge in [0.25, 0.3) is 11.8 Å². The summed E-state index contributed by atoms with van der Waals surface area (Å²) >= 11 is 0. The van der Waals surface area contributed by atoms with Gasteiger partial charge in [-0.15, -0.1) is 0 Å². The van der Waals surface area contributed by atoms with E-state index in [2.05, 4.69) is 10.3 Å². The van der Waals surface area contributed by atoms with Crippen molar-refractivity contribution in [3.05, 3.63) is 35.6 Å². The SMILES string of the molecule is NC1C(=O)N=C(Cc2ccccc2F)NC1=O. The van der Waals surface area contributed by atoms with Crippen molar-refractivity contribution in [3.8, 4) is 0 Å². The van der Waals surface area contributed by atoms with Crippen molar-refractivity contribution >= 4 is 17.6 Å². The molecule has 0 bridgehead atoms. The van der Waals surface area contributed by atoms with Crippen molar-refractivity contribution in [3.63, 3.8) is 0 Å². The third-order valence-electron chi connectivity index (χ3n) is 2.38.